The molecule has 1 aliphatic heterocycles. The number of hydrogen-bond acceptors (Lipinski definition) is 5. The summed E-state index contributed by atoms with van der Waals surface area (Å²) < 4.78 is 0. The topological polar surface area (TPSA) is 78.4 Å². The van der Waals surface area contributed by atoms with Crippen LogP contribution in [0.5, 0.6) is 0 Å². The van der Waals surface area contributed by atoms with Gasteiger partial charge in [-0.3, -0.25) is 4.79 Å². The van der Waals surface area contributed by atoms with Gasteiger partial charge in [-0.25, -0.2) is 4.79 Å². The van der Waals surface area contributed by atoms with Gasteiger partial charge in [-0.2, -0.15) is 0 Å². The highest BCUT2D eigenvalue weighted by molar-refractivity contribution is 7.15. The molecule has 0 radical (unpaired) electrons. The number of carbonyl (C=O) groups excluding carboxylic acids is 2. The number of aromatic nitrogens is 2. The molecule has 8 heteroatoms. The van der Waals surface area contributed by atoms with Crippen LogP contribution in [0.2, 0.25) is 0 Å². The molecule has 0 aliphatic carbocycles. The Hall–Kier alpha value is -1.70. The Bertz CT molecular complexity index is 552. The Morgan fingerprint density at radius 1 is 1.25 bits per heavy atom. The predicted octanol–water partition coefficient (Wildman–Crippen LogP) is 2.60. The van der Waals surface area contributed by atoms with Crippen molar-refractivity contribution < 1.29 is 9.59 Å². The van der Waals surface area contributed by atoms with E-state index < -0.39 is 0 Å². The Morgan fingerprint density at radius 3 is 2.58 bits per heavy atom. The molecule has 0 aromatic carbocycles. The molecule has 0 unspecified atom stereocenters. The molecule has 1 saturated heterocycles. The summed E-state index contributed by atoms with van der Waals surface area (Å²) in [6.45, 7) is 3.41. The van der Waals surface area contributed by atoms with E-state index >= 15 is 0 Å². The number of amides is 3. The lowest BCUT2D eigenvalue weighted by Crippen LogP contribution is -2.45. The van der Waals surface area contributed by atoms with Crippen LogP contribution in [0.3, 0.4) is 0 Å². The van der Waals surface area contributed by atoms with Gasteiger partial charge >= 0.3 is 6.03 Å². The Morgan fingerprint density at radius 2 is 1.96 bits per heavy atom. The number of unbranched alkanes of at least 4 members (excludes halogenated alkanes) is 2. The fraction of sp³-hybridized carbons (Fsp3) is 0.750. The number of urea groups is 1. The monoisotopic (exact) mass is 353 g/mol. The van der Waals surface area contributed by atoms with Crippen molar-refractivity contribution in [2.45, 2.75) is 45.4 Å². The molecular formula is C16H27N5O2S. The quantitative estimate of drug-likeness (QED) is 0.797. The molecule has 0 saturated carbocycles. The first-order valence-corrected chi connectivity index (χ1v) is 9.42. The van der Waals surface area contributed by atoms with E-state index in [9.17, 15) is 9.59 Å². The summed E-state index contributed by atoms with van der Waals surface area (Å²) in [7, 11) is 3.49. The number of carbonyl (C=O) groups is 2. The summed E-state index contributed by atoms with van der Waals surface area (Å²) in [6, 6.07) is 0.00898. The zero-order chi connectivity index (χ0) is 17.5. The van der Waals surface area contributed by atoms with Crippen molar-refractivity contribution in [2.24, 2.45) is 5.92 Å². The van der Waals surface area contributed by atoms with Gasteiger partial charge < -0.3 is 15.1 Å². The summed E-state index contributed by atoms with van der Waals surface area (Å²) in [5.74, 6) is -0.0770. The van der Waals surface area contributed by atoms with Crippen molar-refractivity contribution >= 4 is 28.4 Å². The summed E-state index contributed by atoms with van der Waals surface area (Å²) in [5, 5.41) is 12.6. The highest BCUT2D eigenvalue weighted by atomic mass is 32.1. The molecule has 1 aromatic rings. The van der Waals surface area contributed by atoms with Crippen molar-refractivity contribution in [3.63, 3.8) is 0 Å². The van der Waals surface area contributed by atoms with Gasteiger partial charge in [-0.15, -0.1) is 10.2 Å². The van der Waals surface area contributed by atoms with Crippen molar-refractivity contribution in [2.75, 3.05) is 32.5 Å². The molecule has 1 aromatic heterocycles. The van der Waals surface area contributed by atoms with Gasteiger partial charge in [0.15, 0.2) is 0 Å². The van der Waals surface area contributed by atoms with Gasteiger partial charge in [0.05, 0.1) is 0 Å². The van der Waals surface area contributed by atoms with Crippen molar-refractivity contribution in [3.05, 3.63) is 5.01 Å². The van der Waals surface area contributed by atoms with E-state index in [0.717, 1.165) is 17.8 Å². The third-order valence-corrected chi connectivity index (χ3v) is 5.11. The third-order valence-electron chi connectivity index (χ3n) is 4.21. The number of nitrogens with one attached hydrogen (secondary N) is 1. The molecule has 3 amide bonds. The number of likely N-dealkylation sites (tertiary alicyclic amines) is 1. The second-order valence-electron chi connectivity index (χ2n) is 6.39. The smallest absolute Gasteiger partial charge is 0.319 e. The van der Waals surface area contributed by atoms with Crippen LogP contribution in [-0.4, -0.2) is 59.1 Å². The average Bonchev–Trinajstić information content (AvgIpc) is 3.01. The predicted molar refractivity (Wildman–Crippen MR) is 95.1 cm³/mol. The standard InChI is InChI=1S/C16H27N5O2S/c1-4-5-6-7-13-18-19-15(24-13)17-14(22)12-8-10-21(11-9-12)16(23)20(2)3/h12H,4-11H2,1-3H3,(H,17,19,22). The average molecular weight is 353 g/mol. The van der Waals surface area contributed by atoms with Crippen molar-refractivity contribution in [1.82, 2.24) is 20.0 Å². The van der Waals surface area contributed by atoms with Gasteiger partial charge in [0, 0.05) is 39.5 Å². The van der Waals surface area contributed by atoms with E-state index in [1.165, 1.54) is 24.2 Å². The lowest BCUT2D eigenvalue weighted by atomic mass is 9.96. The molecule has 7 nitrogen and oxygen atoms in total. The Kier molecular flexibility index (Phi) is 6.96. The van der Waals surface area contributed by atoms with Crippen LogP contribution in [0.25, 0.3) is 0 Å². The molecule has 24 heavy (non-hydrogen) atoms. The van der Waals surface area contributed by atoms with Gasteiger partial charge in [0.1, 0.15) is 5.01 Å². The SMILES string of the molecule is CCCCCc1nnc(NC(=O)C2CCN(C(=O)N(C)C)CC2)s1. The highest BCUT2D eigenvalue weighted by Gasteiger charge is 2.28. The van der Waals surface area contributed by atoms with Crippen LogP contribution in [0.4, 0.5) is 9.93 Å². The molecule has 0 spiro atoms. The summed E-state index contributed by atoms with van der Waals surface area (Å²) in [6.07, 6.45) is 5.77. The van der Waals surface area contributed by atoms with Crippen LogP contribution in [0.15, 0.2) is 0 Å². The second kappa shape index (κ2) is 8.96. The van der Waals surface area contributed by atoms with Crippen LogP contribution in [0, 0.1) is 5.92 Å². The van der Waals surface area contributed by atoms with Gasteiger partial charge in [0.25, 0.3) is 0 Å². The van der Waals surface area contributed by atoms with E-state index in [1.807, 2.05) is 0 Å². The number of nitrogens with zero attached hydrogens (tertiary/aromatic N) is 4. The van der Waals surface area contributed by atoms with E-state index in [-0.39, 0.29) is 17.9 Å². The second-order valence-corrected chi connectivity index (χ2v) is 7.45. The molecule has 0 bridgehead atoms. The van der Waals surface area contributed by atoms with E-state index in [1.54, 1.807) is 23.9 Å². The van der Waals surface area contributed by atoms with E-state index in [0.29, 0.717) is 31.1 Å². The Balaban J connectivity index is 1.78. The fourth-order valence-corrected chi connectivity index (χ4v) is 3.54. The maximum absolute atomic E-state index is 12.4. The number of anilines is 1. The first-order valence-electron chi connectivity index (χ1n) is 8.60. The van der Waals surface area contributed by atoms with E-state index in [4.69, 9.17) is 0 Å². The molecule has 0 atom stereocenters. The van der Waals surface area contributed by atoms with Gasteiger partial charge in [-0.05, 0) is 19.3 Å². The van der Waals surface area contributed by atoms with Gasteiger partial charge in [0.2, 0.25) is 11.0 Å². The Labute approximate surface area is 147 Å². The normalized spacial score (nSPS) is 15.4. The fourth-order valence-electron chi connectivity index (χ4n) is 2.75. The summed E-state index contributed by atoms with van der Waals surface area (Å²) in [5.41, 5.74) is 0. The molecule has 2 rings (SSSR count). The molecule has 2 heterocycles. The lowest BCUT2D eigenvalue weighted by molar-refractivity contribution is -0.121. The summed E-state index contributed by atoms with van der Waals surface area (Å²) >= 11 is 1.46. The van der Waals surface area contributed by atoms with Crippen LogP contribution in [0.1, 0.15) is 44.0 Å². The maximum Gasteiger partial charge on any atom is 0.319 e. The summed E-state index contributed by atoms with van der Waals surface area (Å²) in [4.78, 5) is 27.6. The molecule has 1 N–H and O–H groups in total. The van der Waals surface area contributed by atoms with Gasteiger partial charge in [-0.1, -0.05) is 31.1 Å². The minimum absolute atomic E-state index is 0.00898. The molecule has 134 valence electrons. The third kappa shape index (κ3) is 5.15. The number of rotatable bonds is 6. The van der Waals surface area contributed by atoms with Crippen molar-refractivity contribution in [1.29, 1.82) is 0 Å². The minimum atomic E-state index is -0.0661. The largest absolute Gasteiger partial charge is 0.331 e. The van der Waals surface area contributed by atoms with Crippen LogP contribution < -0.4 is 5.32 Å². The van der Waals surface area contributed by atoms with E-state index in [2.05, 4.69) is 22.4 Å². The molecule has 1 fully saturated rings. The highest BCUT2D eigenvalue weighted by Crippen LogP contribution is 2.22. The lowest BCUT2D eigenvalue weighted by Gasteiger charge is -2.32. The first-order chi connectivity index (χ1) is 11.5. The number of aryl methyl sites for hydroxylation is 1. The zero-order valence-corrected chi connectivity index (χ0v) is 15.6. The maximum atomic E-state index is 12.4. The van der Waals surface area contributed by atoms with Crippen LogP contribution >= 0.6 is 11.3 Å². The number of piperidine rings is 1. The van der Waals surface area contributed by atoms with Crippen LogP contribution in [-0.2, 0) is 11.2 Å². The zero-order valence-electron chi connectivity index (χ0n) is 14.7. The molecular weight excluding hydrogens is 326 g/mol. The minimum Gasteiger partial charge on any atom is -0.331 e. The number of hydrogen-bond donors (Lipinski definition) is 1. The molecule has 1 aliphatic rings. The first kappa shape index (κ1) is 18.6. The van der Waals surface area contributed by atoms with Crippen molar-refractivity contribution in [3.8, 4) is 0 Å².